The zero-order chi connectivity index (χ0) is 12.4. The van der Waals surface area contributed by atoms with Gasteiger partial charge in [-0.15, -0.1) is 12.4 Å². The summed E-state index contributed by atoms with van der Waals surface area (Å²) in [6, 6.07) is 3.39. The lowest BCUT2D eigenvalue weighted by Gasteiger charge is -2.31. The van der Waals surface area contributed by atoms with Crippen LogP contribution in [0.25, 0.3) is 0 Å². The van der Waals surface area contributed by atoms with Crippen LogP contribution in [0.5, 0.6) is 0 Å². The molecular formula is C12H18ClN3O2. The molecule has 6 heteroatoms. The van der Waals surface area contributed by atoms with Crippen LogP contribution in [0.4, 0.5) is 0 Å². The third kappa shape index (κ3) is 3.11. The topological polar surface area (TPSA) is 54.3 Å². The lowest BCUT2D eigenvalue weighted by atomic mass is 10.2. The molecule has 18 heavy (non-hydrogen) atoms. The van der Waals surface area contributed by atoms with Crippen molar-refractivity contribution < 1.29 is 4.79 Å². The fourth-order valence-corrected chi connectivity index (χ4v) is 1.98. The molecule has 0 bridgehead atoms. The molecule has 1 aliphatic heterocycles. The molecule has 0 aromatic carbocycles. The molecule has 0 saturated carbocycles. The van der Waals surface area contributed by atoms with Gasteiger partial charge < -0.3 is 14.8 Å². The molecule has 1 fully saturated rings. The maximum Gasteiger partial charge on any atom is 0.254 e. The molecule has 1 atom stereocenters. The highest BCUT2D eigenvalue weighted by Gasteiger charge is 2.21. The number of hydrogen-bond donors (Lipinski definition) is 1. The number of nitrogens with one attached hydrogen (secondary N) is 1. The second kappa shape index (κ2) is 6.02. The molecule has 0 unspecified atom stereocenters. The fraction of sp³-hybridized carbons (Fsp3) is 0.500. The van der Waals surface area contributed by atoms with Gasteiger partial charge in [-0.1, -0.05) is 0 Å². The van der Waals surface area contributed by atoms with Gasteiger partial charge in [0.25, 0.3) is 11.5 Å². The zero-order valence-electron chi connectivity index (χ0n) is 10.5. The van der Waals surface area contributed by atoms with Crippen molar-refractivity contribution in [3.8, 4) is 0 Å². The monoisotopic (exact) mass is 271 g/mol. The number of piperazine rings is 1. The van der Waals surface area contributed by atoms with Gasteiger partial charge in [-0.05, 0) is 13.0 Å². The number of nitrogens with zero attached hydrogens (tertiary/aromatic N) is 2. The first kappa shape index (κ1) is 14.7. The van der Waals surface area contributed by atoms with E-state index in [0.717, 1.165) is 6.54 Å². The van der Waals surface area contributed by atoms with Crippen LogP contribution in [0, 0.1) is 0 Å². The molecule has 0 aliphatic carbocycles. The van der Waals surface area contributed by atoms with Crippen LogP contribution in [-0.2, 0) is 7.05 Å². The largest absolute Gasteiger partial charge is 0.336 e. The average Bonchev–Trinajstić information content (AvgIpc) is 2.32. The van der Waals surface area contributed by atoms with Gasteiger partial charge in [0, 0.05) is 50.6 Å². The maximum absolute atomic E-state index is 12.2. The van der Waals surface area contributed by atoms with Crippen LogP contribution in [-0.4, -0.2) is 41.1 Å². The van der Waals surface area contributed by atoms with Crippen molar-refractivity contribution >= 4 is 18.3 Å². The van der Waals surface area contributed by atoms with E-state index in [1.54, 1.807) is 24.2 Å². The molecule has 2 rings (SSSR count). The summed E-state index contributed by atoms with van der Waals surface area (Å²) in [6.45, 7) is 4.23. The van der Waals surface area contributed by atoms with Crippen molar-refractivity contribution in [3.05, 3.63) is 34.2 Å². The number of rotatable bonds is 1. The summed E-state index contributed by atoms with van der Waals surface area (Å²) >= 11 is 0. The van der Waals surface area contributed by atoms with E-state index < -0.39 is 0 Å². The maximum atomic E-state index is 12.2. The summed E-state index contributed by atoms with van der Waals surface area (Å²) in [7, 11) is 1.67. The lowest BCUT2D eigenvalue weighted by molar-refractivity contribution is 0.0709. The molecule has 100 valence electrons. The Morgan fingerprint density at radius 3 is 2.83 bits per heavy atom. The number of amides is 1. The van der Waals surface area contributed by atoms with Crippen molar-refractivity contribution in [2.75, 3.05) is 19.6 Å². The number of halogens is 1. The Morgan fingerprint density at radius 2 is 2.22 bits per heavy atom. The van der Waals surface area contributed by atoms with Gasteiger partial charge in [0.05, 0.1) is 0 Å². The van der Waals surface area contributed by atoms with Gasteiger partial charge in [0.1, 0.15) is 0 Å². The molecular weight excluding hydrogens is 254 g/mol. The second-order valence-electron chi connectivity index (χ2n) is 4.47. The number of carbonyl (C=O) groups excluding carboxylic acids is 1. The molecule has 1 amide bonds. The van der Waals surface area contributed by atoms with E-state index in [9.17, 15) is 9.59 Å². The van der Waals surface area contributed by atoms with Gasteiger partial charge in [-0.3, -0.25) is 9.59 Å². The van der Waals surface area contributed by atoms with Gasteiger partial charge in [0.2, 0.25) is 0 Å². The molecule has 5 nitrogen and oxygen atoms in total. The van der Waals surface area contributed by atoms with E-state index in [4.69, 9.17) is 0 Å². The zero-order valence-corrected chi connectivity index (χ0v) is 11.4. The molecule has 1 aromatic heterocycles. The van der Waals surface area contributed by atoms with Crippen molar-refractivity contribution in [1.82, 2.24) is 14.8 Å². The van der Waals surface area contributed by atoms with E-state index in [-0.39, 0.29) is 23.9 Å². The number of aromatic nitrogens is 1. The summed E-state index contributed by atoms with van der Waals surface area (Å²) in [5.41, 5.74) is 0.321. The minimum atomic E-state index is -0.154. The van der Waals surface area contributed by atoms with Crippen LogP contribution in [0.1, 0.15) is 17.3 Å². The van der Waals surface area contributed by atoms with Gasteiger partial charge in [-0.2, -0.15) is 0 Å². The Hall–Kier alpha value is -1.33. The van der Waals surface area contributed by atoms with Gasteiger partial charge >= 0.3 is 0 Å². The molecule has 1 N–H and O–H groups in total. The predicted octanol–water partition coefficient (Wildman–Crippen LogP) is 0.241. The van der Waals surface area contributed by atoms with E-state index in [0.29, 0.717) is 24.7 Å². The number of hydrogen-bond acceptors (Lipinski definition) is 3. The van der Waals surface area contributed by atoms with Gasteiger partial charge in [0.15, 0.2) is 0 Å². The number of carbonyl (C=O) groups is 1. The summed E-state index contributed by atoms with van der Waals surface area (Å²) in [5, 5.41) is 3.28. The molecule has 1 saturated heterocycles. The standard InChI is InChI=1S/C12H17N3O2.ClH/c1-9-8-15(6-4-13-9)12(17)10-3-5-14(2)11(16)7-10;/h3,5,7,9,13H,4,6,8H2,1-2H3;1H/t9-;/m0./s1. The predicted molar refractivity (Wildman–Crippen MR) is 72.3 cm³/mol. The van der Waals surface area contributed by atoms with Crippen molar-refractivity contribution in [2.24, 2.45) is 7.05 Å². The molecule has 0 spiro atoms. The SMILES string of the molecule is C[C@H]1CN(C(=O)c2ccn(C)c(=O)c2)CCN1.Cl. The first-order valence-electron chi connectivity index (χ1n) is 5.77. The Balaban J connectivity index is 0.00000162. The Labute approximate surface area is 112 Å². The highest BCUT2D eigenvalue weighted by molar-refractivity contribution is 5.94. The minimum Gasteiger partial charge on any atom is -0.336 e. The molecule has 1 aromatic rings. The molecule has 2 heterocycles. The first-order valence-corrected chi connectivity index (χ1v) is 5.77. The summed E-state index contributed by atoms with van der Waals surface area (Å²) in [5.74, 6) is -0.0592. The van der Waals surface area contributed by atoms with Crippen LogP contribution < -0.4 is 10.9 Å². The average molecular weight is 272 g/mol. The molecule has 1 aliphatic rings. The van der Waals surface area contributed by atoms with Crippen LogP contribution in [0.15, 0.2) is 23.1 Å². The lowest BCUT2D eigenvalue weighted by Crippen LogP contribution is -2.51. The third-order valence-corrected chi connectivity index (χ3v) is 3.01. The summed E-state index contributed by atoms with van der Waals surface area (Å²) < 4.78 is 1.46. The Kier molecular flexibility index (Phi) is 4.93. The van der Waals surface area contributed by atoms with Crippen molar-refractivity contribution in [3.63, 3.8) is 0 Å². The fourth-order valence-electron chi connectivity index (χ4n) is 1.98. The minimum absolute atomic E-state index is 0. The van der Waals surface area contributed by atoms with Crippen molar-refractivity contribution in [1.29, 1.82) is 0 Å². The summed E-state index contributed by atoms with van der Waals surface area (Å²) in [4.78, 5) is 25.4. The van der Waals surface area contributed by atoms with Crippen LogP contribution in [0.2, 0.25) is 0 Å². The van der Waals surface area contributed by atoms with Gasteiger partial charge in [-0.25, -0.2) is 0 Å². The highest BCUT2D eigenvalue weighted by atomic mass is 35.5. The Bertz CT molecular complexity index is 486. The van der Waals surface area contributed by atoms with Crippen molar-refractivity contribution in [2.45, 2.75) is 13.0 Å². The number of pyridine rings is 1. The highest BCUT2D eigenvalue weighted by Crippen LogP contribution is 2.05. The smallest absolute Gasteiger partial charge is 0.254 e. The third-order valence-electron chi connectivity index (χ3n) is 3.01. The van der Waals surface area contributed by atoms with E-state index in [1.807, 2.05) is 6.92 Å². The van der Waals surface area contributed by atoms with Crippen LogP contribution >= 0.6 is 12.4 Å². The molecule has 0 radical (unpaired) electrons. The van der Waals surface area contributed by atoms with E-state index >= 15 is 0 Å². The normalized spacial score (nSPS) is 19.2. The Morgan fingerprint density at radius 1 is 1.50 bits per heavy atom. The second-order valence-corrected chi connectivity index (χ2v) is 4.47. The first-order chi connectivity index (χ1) is 8.08. The van der Waals surface area contributed by atoms with Crippen LogP contribution in [0.3, 0.4) is 0 Å². The quantitative estimate of drug-likeness (QED) is 0.796. The van der Waals surface area contributed by atoms with E-state index in [2.05, 4.69) is 5.32 Å². The number of aryl methyl sites for hydroxylation is 1. The van der Waals surface area contributed by atoms with E-state index in [1.165, 1.54) is 10.6 Å². The summed E-state index contributed by atoms with van der Waals surface area (Å²) in [6.07, 6.45) is 1.63.